The zero-order valence-corrected chi connectivity index (χ0v) is 10.4. The standard InChI is InChI=1S/C11H17FN6/c1-3-6-15-9(4-5-13)17-11-16-7-8(12)10(14-2)18-11/h4-5,7H,3,6,13H2,1-2H3,(H2,14,15,16,17,18). The van der Waals surface area contributed by atoms with Crippen LogP contribution in [-0.4, -0.2) is 29.4 Å². The Morgan fingerprint density at radius 2 is 2.39 bits per heavy atom. The van der Waals surface area contributed by atoms with Gasteiger partial charge in [-0.2, -0.15) is 4.98 Å². The maximum atomic E-state index is 13.2. The second-order valence-corrected chi connectivity index (χ2v) is 3.39. The lowest BCUT2D eigenvalue weighted by Gasteiger charge is -2.07. The number of nitrogens with zero attached hydrogens (tertiary/aromatic N) is 3. The molecule has 0 saturated heterocycles. The zero-order valence-electron chi connectivity index (χ0n) is 10.4. The monoisotopic (exact) mass is 252 g/mol. The third-order valence-electron chi connectivity index (χ3n) is 1.98. The molecule has 1 heterocycles. The van der Waals surface area contributed by atoms with Gasteiger partial charge < -0.3 is 16.4 Å². The van der Waals surface area contributed by atoms with Gasteiger partial charge >= 0.3 is 0 Å². The molecule has 7 heteroatoms. The molecule has 0 aliphatic heterocycles. The van der Waals surface area contributed by atoms with Crippen LogP contribution in [0.25, 0.3) is 0 Å². The summed E-state index contributed by atoms with van der Waals surface area (Å²) in [4.78, 5) is 12.0. The molecule has 0 bridgehead atoms. The van der Waals surface area contributed by atoms with Crippen molar-refractivity contribution >= 4 is 17.6 Å². The van der Waals surface area contributed by atoms with Crippen LogP contribution in [0.1, 0.15) is 13.3 Å². The Labute approximate surface area is 105 Å². The summed E-state index contributed by atoms with van der Waals surface area (Å²) in [5.74, 6) is 0.408. The number of nitrogens with two attached hydrogens (primary N) is 1. The number of amidine groups is 1. The largest absolute Gasteiger partial charge is 0.404 e. The first-order chi connectivity index (χ1) is 8.71. The first-order valence-electron chi connectivity index (χ1n) is 5.61. The van der Waals surface area contributed by atoms with E-state index in [0.717, 1.165) is 12.6 Å². The van der Waals surface area contributed by atoms with Crippen molar-refractivity contribution in [2.75, 3.05) is 24.2 Å². The van der Waals surface area contributed by atoms with Crippen LogP contribution in [0.3, 0.4) is 0 Å². The molecule has 4 N–H and O–H groups in total. The molecule has 0 radical (unpaired) electrons. The number of hydrogen-bond donors (Lipinski definition) is 3. The predicted molar refractivity (Wildman–Crippen MR) is 71.1 cm³/mol. The summed E-state index contributed by atoms with van der Waals surface area (Å²) in [5, 5.41) is 5.51. The molecule has 0 unspecified atom stereocenters. The lowest BCUT2D eigenvalue weighted by molar-refractivity contribution is 0.619. The van der Waals surface area contributed by atoms with Crippen molar-refractivity contribution in [3.8, 4) is 0 Å². The molecule has 0 atom stereocenters. The van der Waals surface area contributed by atoms with Crippen molar-refractivity contribution in [3.05, 3.63) is 24.3 Å². The lowest BCUT2D eigenvalue weighted by atomic mass is 10.4. The molecule has 0 spiro atoms. The third-order valence-corrected chi connectivity index (χ3v) is 1.98. The third kappa shape index (κ3) is 4.00. The average Bonchev–Trinajstić information content (AvgIpc) is 2.38. The van der Waals surface area contributed by atoms with E-state index >= 15 is 0 Å². The van der Waals surface area contributed by atoms with Gasteiger partial charge in [0, 0.05) is 13.6 Å². The molecule has 6 nitrogen and oxygen atoms in total. The Kier molecular flexibility index (Phi) is 5.56. The Balaban J connectivity index is 2.87. The van der Waals surface area contributed by atoms with Crippen molar-refractivity contribution in [2.24, 2.45) is 10.7 Å². The van der Waals surface area contributed by atoms with Gasteiger partial charge in [-0.05, 0) is 18.7 Å². The Hall–Kier alpha value is -2.18. The summed E-state index contributed by atoms with van der Waals surface area (Å²) >= 11 is 0. The van der Waals surface area contributed by atoms with Crippen LogP contribution < -0.4 is 16.4 Å². The smallest absolute Gasteiger partial charge is 0.230 e. The van der Waals surface area contributed by atoms with Gasteiger partial charge in [-0.1, -0.05) is 6.92 Å². The van der Waals surface area contributed by atoms with Crippen molar-refractivity contribution in [1.29, 1.82) is 0 Å². The Morgan fingerprint density at radius 3 is 3.00 bits per heavy atom. The summed E-state index contributed by atoms with van der Waals surface area (Å²) < 4.78 is 13.2. The van der Waals surface area contributed by atoms with E-state index in [0.29, 0.717) is 12.4 Å². The van der Waals surface area contributed by atoms with E-state index in [2.05, 4.69) is 25.6 Å². The molecule has 0 amide bonds. The molecule has 98 valence electrons. The SMILES string of the molecule is CCCN=C(C=CN)Nc1ncc(F)c(NC)n1. The van der Waals surface area contributed by atoms with Crippen molar-refractivity contribution in [1.82, 2.24) is 9.97 Å². The highest BCUT2D eigenvalue weighted by atomic mass is 19.1. The average molecular weight is 252 g/mol. The number of nitrogens with one attached hydrogen (secondary N) is 2. The van der Waals surface area contributed by atoms with Crippen LogP contribution in [0.4, 0.5) is 16.2 Å². The summed E-state index contributed by atoms with van der Waals surface area (Å²) in [6.07, 6.45) is 4.96. The van der Waals surface area contributed by atoms with E-state index in [1.807, 2.05) is 6.92 Å². The summed E-state index contributed by atoms with van der Waals surface area (Å²) in [6.45, 7) is 2.67. The summed E-state index contributed by atoms with van der Waals surface area (Å²) in [7, 11) is 1.58. The van der Waals surface area contributed by atoms with Crippen LogP contribution >= 0.6 is 0 Å². The van der Waals surface area contributed by atoms with E-state index in [1.54, 1.807) is 13.1 Å². The van der Waals surface area contributed by atoms with Crippen LogP contribution in [0.2, 0.25) is 0 Å². The normalized spacial score (nSPS) is 11.8. The van der Waals surface area contributed by atoms with E-state index in [-0.39, 0.29) is 11.8 Å². The van der Waals surface area contributed by atoms with Crippen molar-refractivity contribution in [3.63, 3.8) is 0 Å². The van der Waals surface area contributed by atoms with Gasteiger partial charge in [0.1, 0.15) is 5.84 Å². The molecule has 0 aliphatic carbocycles. The number of hydrogen-bond acceptors (Lipinski definition) is 5. The fraction of sp³-hybridized carbons (Fsp3) is 0.364. The molecule has 0 aliphatic rings. The highest BCUT2D eigenvalue weighted by molar-refractivity contribution is 6.02. The van der Waals surface area contributed by atoms with Gasteiger partial charge in [0.2, 0.25) is 5.95 Å². The predicted octanol–water partition coefficient (Wildman–Crippen LogP) is 1.35. The summed E-state index contributed by atoms with van der Waals surface area (Å²) in [5.41, 5.74) is 5.32. The quantitative estimate of drug-likeness (QED) is 0.544. The lowest BCUT2D eigenvalue weighted by Crippen LogP contribution is -2.14. The minimum Gasteiger partial charge on any atom is -0.404 e. The highest BCUT2D eigenvalue weighted by Crippen LogP contribution is 2.10. The Morgan fingerprint density at radius 1 is 1.61 bits per heavy atom. The molecule has 1 rings (SSSR count). The van der Waals surface area contributed by atoms with Gasteiger partial charge in [-0.3, -0.25) is 4.99 Å². The second kappa shape index (κ2) is 7.21. The number of aliphatic imine (C=N–C) groups is 1. The molecule has 0 saturated carbocycles. The minimum atomic E-state index is -0.510. The maximum Gasteiger partial charge on any atom is 0.230 e. The van der Waals surface area contributed by atoms with Gasteiger partial charge in [0.25, 0.3) is 0 Å². The molecule has 18 heavy (non-hydrogen) atoms. The van der Waals surface area contributed by atoms with E-state index in [1.165, 1.54) is 6.20 Å². The fourth-order valence-corrected chi connectivity index (χ4v) is 1.17. The molecule has 1 aromatic rings. The maximum absolute atomic E-state index is 13.2. The highest BCUT2D eigenvalue weighted by Gasteiger charge is 2.05. The van der Waals surface area contributed by atoms with Crippen LogP contribution in [0.5, 0.6) is 0 Å². The fourth-order valence-electron chi connectivity index (χ4n) is 1.17. The first-order valence-corrected chi connectivity index (χ1v) is 5.61. The molecule has 0 fully saturated rings. The van der Waals surface area contributed by atoms with Gasteiger partial charge in [0.05, 0.1) is 6.20 Å². The number of halogens is 1. The number of aromatic nitrogens is 2. The van der Waals surface area contributed by atoms with Crippen LogP contribution in [-0.2, 0) is 0 Å². The summed E-state index contributed by atoms with van der Waals surface area (Å²) in [6, 6.07) is 0. The minimum absolute atomic E-state index is 0.124. The molecule has 0 aromatic carbocycles. The van der Waals surface area contributed by atoms with Crippen LogP contribution in [0, 0.1) is 5.82 Å². The van der Waals surface area contributed by atoms with E-state index < -0.39 is 5.82 Å². The zero-order chi connectivity index (χ0) is 13.4. The molecular formula is C11H17FN6. The second-order valence-electron chi connectivity index (χ2n) is 3.39. The molecule has 1 aromatic heterocycles. The number of anilines is 2. The van der Waals surface area contributed by atoms with Crippen molar-refractivity contribution in [2.45, 2.75) is 13.3 Å². The molecular weight excluding hydrogens is 235 g/mol. The van der Waals surface area contributed by atoms with E-state index in [9.17, 15) is 4.39 Å². The van der Waals surface area contributed by atoms with Crippen molar-refractivity contribution < 1.29 is 4.39 Å². The van der Waals surface area contributed by atoms with Gasteiger partial charge in [-0.25, -0.2) is 9.37 Å². The van der Waals surface area contributed by atoms with Crippen LogP contribution in [0.15, 0.2) is 23.5 Å². The van der Waals surface area contributed by atoms with E-state index in [4.69, 9.17) is 5.73 Å². The van der Waals surface area contributed by atoms with Gasteiger partial charge in [-0.15, -0.1) is 0 Å². The topological polar surface area (TPSA) is 88.2 Å². The van der Waals surface area contributed by atoms with Gasteiger partial charge in [0.15, 0.2) is 11.6 Å². The first kappa shape index (κ1) is 13.9. The Bertz CT molecular complexity index is 443. The number of rotatable bonds is 5.